The third kappa shape index (κ3) is 3.20. The number of benzene rings is 1. The van der Waals surface area contributed by atoms with E-state index in [1.54, 1.807) is 0 Å². The van der Waals surface area contributed by atoms with E-state index in [0.29, 0.717) is 30.0 Å². The van der Waals surface area contributed by atoms with Crippen molar-refractivity contribution in [3.8, 4) is 11.3 Å². The largest absolute Gasteiger partial charge is 0.416 e. The summed E-state index contributed by atoms with van der Waals surface area (Å²) in [6.45, 7) is 0. The summed E-state index contributed by atoms with van der Waals surface area (Å²) in [6, 6.07) is 1.44. The first-order valence-corrected chi connectivity index (χ1v) is 7.42. The van der Waals surface area contributed by atoms with Crippen molar-refractivity contribution in [2.75, 3.05) is 0 Å². The maximum absolute atomic E-state index is 12.9. The molecule has 0 aliphatic heterocycles. The van der Waals surface area contributed by atoms with Gasteiger partial charge in [0.25, 0.3) is 0 Å². The zero-order chi connectivity index (χ0) is 17.0. The monoisotopic (exact) mass is 352 g/mol. The van der Waals surface area contributed by atoms with E-state index < -0.39 is 29.0 Å². The Kier molecular flexibility index (Phi) is 3.49. The van der Waals surface area contributed by atoms with Crippen LogP contribution in [0.1, 0.15) is 29.0 Å². The lowest BCUT2D eigenvalue weighted by Gasteiger charge is -2.13. The van der Waals surface area contributed by atoms with Gasteiger partial charge in [0.2, 0.25) is 0 Å². The highest BCUT2D eigenvalue weighted by Crippen LogP contribution is 2.45. The first-order chi connectivity index (χ1) is 10.5. The molecule has 0 unspecified atom stereocenters. The van der Waals surface area contributed by atoms with Crippen molar-refractivity contribution in [1.29, 1.82) is 0 Å². The molecule has 1 fully saturated rings. The van der Waals surface area contributed by atoms with Crippen molar-refractivity contribution in [3.05, 3.63) is 39.7 Å². The Labute approximate surface area is 131 Å². The topological polar surface area (TPSA) is 38.9 Å². The van der Waals surface area contributed by atoms with E-state index in [4.69, 9.17) is 5.73 Å². The average Bonchev–Trinajstić information content (AvgIpc) is 3.00. The second kappa shape index (κ2) is 4.94. The number of hydrogen-bond acceptors (Lipinski definition) is 3. The quantitative estimate of drug-likeness (QED) is 0.789. The fourth-order valence-electron chi connectivity index (χ4n) is 2.09. The number of aromatic nitrogens is 1. The zero-order valence-electron chi connectivity index (χ0n) is 11.4. The van der Waals surface area contributed by atoms with Crippen LogP contribution < -0.4 is 5.73 Å². The van der Waals surface area contributed by atoms with Crippen LogP contribution in [-0.2, 0) is 17.9 Å². The molecule has 1 saturated carbocycles. The van der Waals surface area contributed by atoms with Crippen LogP contribution in [0.4, 0.5) is 26.3 Å². The number of alkyl halides is 6. The molecule has 9 heteroatoms. The molecule has 0 amide bonds. The van der Waals surface area contributed by atoms with Gasteiger partial charge in [-0.1, -0.05) is 0 Å². The van der Waals surface area contributed by atoms with Gasteiger partial charge in [0.15, 0.2) is 0 Å². The molecule has 3 rings (SSSR count). The molecule has 1 aromatic heterocycles. The average molecular weight is 352 g/mol. The standard InChI is InChI=1S/C14H10F6N2S/c15-13(16,17)8-3-7(4-9(5-8)14(18,19)20)10-6-23-11(22-10)12(21)1-2-12/h3-6H,1-2,21H2. The van der Waals surface area contributed by atoms with Gasteiger partial charge in [-0.15, -0.1) is 11.3 Å². The third-order valence-electron chi connectivity index (χ3n) is 3.60. The van der Waals surface area contributed by atoms with Gasteiger partial charge in [-0.3, -0.25) is 0 Å². The van der Waals surface area contributed by atoms with Crippen molar-refractivity contribution in [2.24, 2.45) is 5.73 Å². The number of nitrogens with zero attached hydrogens (tertiary/aromatic N) is 1. The molecule has 1 aliphatic carbocycles. The van der Waals surface area contributed by atoms with Crippen molar-refractivity contribution in [3.63, 3.8) is 0 Å². The predicted molar refractivity (Wildman–Crippen MR) is 72.7 cm³/mol. The molecule has 2 aromatic rings. The predicted octanol–water partition coefficient (Wildman–Crippen LogP) is 4.80. The van der Waals surface area contributed by atoms with Gasteiger partial charge in [0.1, 0.15) is 5.01 Å². The van der Waals surface area contributed by atoms with Crippen molar-refractivity contribution >= 4 is 11.3 Å². The molecule has 0 saturated heterocycles. The summed E-state index contributed by atoms with van der Waals surface area (Å²) >= 11 is 1.14. The summed E-state index contributed by atoms with van der Waals surface area (Å²) in [5.41, 5.74) is 2.49. The van der Waals surface area contributed by atoms with E-state index in [1.165, 1.54) is 5.38 Å². The fourth-order valence-corrected chi connectivity index (χ4v) is 3.09. The lowest BCUT2D eigenvalue weighted by molar-refractivity contribution is -0.143. The highest BCUT2D eigenvalue weighted by molar-refractivity contribution is 7.10. The number of nitrogens with two attached hydrogens (primary N) is 1. The van der Waals surface area contributed by atoms with Crippen LogP contribution in [0.15, 0.2) is 23.6 Å². The van der Waals surface area contributed by atoms with Gasteiger partial charge >= 0.3 is 12.4 Å². The van der Waals surface area contributed by atoms with Crippen LogP contribution in [0, 0.1) is 0 Å². The molecule has 0 spiro atoms. The minimum absolute atomic E-state index is 0.0679. The normalized spacial score (nSPS) is 17.3. The van der Waals surface area contributed by atoms with Gasteiger partial charge in [-0.05, 0) is 31.0 Å². The number of thiazole rings is 1. The molecule has 23 heavy (non-hydrogen) atoms. The van der Waals surface area contributed by atoms with Crippen LogP contribution in [-0.4, -0.2) is 4.98 Å². The number of rotatable bonds is 2. The lowest BCUT2D eigenvalue weighted by atomic mass is 10.0. The van der Waals surface area contributed by atoms with Crippen LogP contribution in [0.2, 0.25) is 0 Å². The molecule has 1 aromatic carbocycles. The van der Waals surface area contributed by atoms with E-state index in [9.17, 15) is 26.3 Å². The SMILES string of the molecule is NC1(c2nc(-c3cc(C(F)(F)F)cc(C(F)(F)F)c3)cs2)CC1. The number of halogens is 6. The van der Waals surface area contributed by atoms with Crippen molar-refractivity contribution < 1.29 is 26.3 Å². The summed E-state index contributed by atoms with van der Waals surface area (Å²) in [4.78, 5) is 4.12. The maximum Gasteiger partial charge on any atom is 0.416 e. The van der Waals surface area contributed by atoms with Gasteiger partial charge < -0.3 is 5.73 Å². The minimum Gasteiger partial charge on any atom is -0.319 e. The fraction of sp³-hybridized carbons (Fsp3) is 0.357. The molecule has 124 valence electrons. The van der Waals surface area contributed by atoms with E-state index in [-0.39, 0.29) is 17.3 Å². The van der Waals surface area contributed by atoms with Gasteiger partial charge in [0.05, 0.1) is 22.4 Å². The molecular formula is C14H10F6N2S. The second-order valence-corrected chi connectivity index (χ2v) is 6.35. The Balaban J connectivity index is 2.09. The summed E-state index contributed by atoms with van der Waals surface area (Å²) in [6.07, 6.45) is -8.34. The Morgan fingerprint density at radius 1 is 0.957 bits per heavy atom. The van der Waals surface area contributed by atoms with E-state index >= 15 is 0 Å². The summed E-state index contributed by atoms with van der Waals surface area (Å²) in [7, 11) is 0. The van der Waals surface area contributed by atoms with Crippen LogP contribution >= 0.6 is 11.3 Å². The molecule has 2 nitrogen and oxygen atoms in total. The Hall–Kier alpha value is -1.61. The Bertz CT molecular complexity index is 710. The number of hydrogen-bond donors (Lipinski definition) is 1. The summed E-state index contributed by atoms with van der Waals surface area (Å²) < 4.78 is 77.1. The highest BCUT2D eigenvalue weighted by atomic mass is 32.1. The van der Waals surface area contributed by atoms with E-state index in [0.717, 1.165) is 11.3 Å². The van der Waals surface area contributed by atoms with E-state index in [2.05, 4.69) is 4.98 Å². The smallest absolute Gasteiger partial charge is 0.319 e. The molecule has 1 aliphatic rings. The Morgan fingerprint density at radius 2 is 1.48 bits per heavy atom. The Morgan fingerprint density at radius 3 is 1.91 bits per heavy atom. The summed E-state index contributed by atoms with van der Waals surface area (Å²) in [5.74, 6) is 0. The first kappa shape index (κ1) is 16.3. The van der Waals surface area contributed by atoms with Crippen LogP contribution in [0.5, 0.6) is 0 Å². The zero-order valence-corrected chi connectivity index (χ0v) is 12.2. The highest BCUT2D eigenvalue weighted by Gasteiger charge is 2.43. The molecule has 2 N–H and O–H groups in total. The van der Waals surface area contributed by atoms with Crippen molar-refractivity contribution in [1.82, 2.24) is 4.98 Å². The van der Waals surface area contributed by atoms with Crippen molar-refractivity contribution in [2.45, 2.75) is 30.7 Å². The van der Waals surface area contributed by atoms with Crippen LogP contribution in [0.25, 0.3) is 11.3 Å². The van der Waals surface area contributed by atoms with E-state index in [1.807, 2.05) is 0 Å². The van der Waals surface area contributed by atoms with Gasteiger partial charge in [-0.25, -0.2) is 4.98 Å². The molecule has 0 atom stereocenters. The molecular weight excluding hydrogens is 342 g/mol. The van der Waals surface area contributed by atoms with Crippen LogP contribution in [0.3, 0.4) is 0 Å². The minimum atomic E-state index is -4.87. The maximum atomic E-state index is 12.9. The first-order valence-electron chi connectivity index (χ1n) is 6.54. The molecule has 1 heterocycles. The van der Waals surface area contributed by atoms with Gasteiger partial charge in [0, 0.05) is 10.9 Å². The molecule has 0 radical (unpaired) electrons. The second-order valence-electron chi connectivity index (χ2n) is 5.49. The third-order valence-corrected chi connectivity index (χ3v) is 4.66. The summed E-state index contributed by atoms with van der Waals surface area (Å²) in [5, 5.41) is 1.95. The lowest BCUT2D eigenvalue weighted by Crippen LogP contribution is -2.18. The van der Waals surface area contributed by atoms with Gasteiger partial charge in [-0.2, -0.15) is 26.3 Å². The molecule has 0 bridgehead atoms.